The number of rotatable bonds is 4. The van der Waals surface area contributed by atoms with Crippen molar-refractivity contribution in [1.82, 2.24) is 9.13 Å². The maximum absolute atomic E-state index is 11.8. The van der Waals surface area contributed by atoms with Crippen LogP contribution in [0.3, 0.4) is 0 Å². The van der Waals surface area contributed by atoms with Gasteiger partial charge in [0, 0.05) is 37.1 Å². The molecule has 0 atom stereocenters. The molecule has 110 valence electrons. The first kappa shape index (κ1) is 14.6. The van der Waals surface area contributed by atoms with E-state index in [0.717, 1.165) is 10.3 Å². The Morgan fingerprint density at radius 2 is 1.76 bits per heavy atom. The zero-order valence-corrected chi connectivity index (χ0v) is 11.8. The molecule has 0 unspecified atom stereocenters. The molecular weight excluding hydrogens is 272 g/mol. The summed E-state index contributed by atoms with van der Waals surface area (Å²) < 4.78 is 2.46. The Balaban J connectivity index is 2.19. The van der Waals surface area contributed by atoms with Crippen molar-refractivity contribution in [3.63, 3.8) is 0 Å². The van der Waals surface area contributed by atoms with Crippen LogP contribution < -0.4 is 22.3 Å². The van der Waals surface area contributed by atoms with E-state index in [4.69, 9.17) is 5.73 Å². The Morgan fingerprint density at radius 1 is 1.14 bits per heavy atom. The zero-order valence-electron chi connectivity index (χ0n) is 11.8. The van der Waals surface area contributed by atoms with Gasteiger partial charge in [0.05, 0.1) is 6.54 Å². The number of aromatic nitrogens is 2. The third-order valence-corrected chi connectivity index (χ3v) is 3.27. The maximum Gasteiger partial charge on any atom is 0.330 e. The molecule has 21 heavy (non-hydrogen) atoms. The van der Waals surface area contributed by atoms with Gasteiger partial charge in [-0.2, -0.15) is 0 Å². The lowest BCUT2D eigenvalue weighted by Crippen LogP contribution is -2.38. The number of carbonyl (C=O) groups is 1. The lowest BCUT2D eigenvalue weighted by Gasteiger charge is -2.11. The molecule has 1 aromatic carbocycles. The minimum atomic E-state index is -0.490. The molecule has 7 nitrogen and oxygen atoms in total. The average Bonchev–Trinajstić information content (AvgIpc) is 2.48. The number of nitrogens with zero attached hydrogens (tertiary/aromatic N) is 2. The molecule has 7 heteroatoms. The van der Waals surface area contributed by atoms with Crippen molar-refractivity contribution < 1.29 is 4.79 Å². The number of carbonyl (C=O) groups excluding carboxylic acids is 1. The first-order chi connectivity index (χ1) is 9.90. The lowest BCUT2D eigenvalue weighted by molar-refractivity contribution is 0.100. The number of hydrogen-bond donors (Lipinski definition) is 2. The van der Waals surface area contributed by atoms with Gasteiger partial charge in [0.15, 0.2) is 0 Å². The topological polar surface area (TPSA) is 99.1 Å². The van der Waals surface area contributed by atoms with Crippen LogP contribution in [0.4, 0.5) is 5.69 Å². The smallest absolute Gasteiger partial charge is 0.330 e. The second kappa shape index (κ2) is 5.66. The molecule has 0 saturated carbocycles. The average molecular weight is 288 g/mol. The summed E-state index contributed by atoms with van der Waals surface area (Å²) in [7, 11) is 3.04. The summed E-state index contributed by atoms with van der Waals surface area (Å²) in [6, 6.07) is 8.03. The molecule has 0 aliphatic carbocycles. The Kier molecular flexibility index (Phi) is 3.93. The van der Waals surface area contributed by atoms with Gasteiger partial charge in [0.1, 0.15) is 0 Å². The minimum absolute atomic E-state index is 0.317. The van der Waals surface area contributed by atoms with E-state index in [1.807, 2.05) is 0 Å². The highest BCUT2D eigenvalue weighted by Crippen LogP contribution is 2.10. The minimum Gasteiger partial charge on any atom is -0.379 e. The fourth-order valence-electron chi connectivity index (χ4n) is 1.89. The molecule has 2 rings (SSSR count). The molecule has 2 aromatic rings. The SMILES string of the molecule is Cn1c(CNc2ccc(C(N)=O)cc2)cc(=O)n(C)c1=O. The highest BCUT2D eigenvalue weighted by atomic mass is 16.2. The second-order valence-corrected chi connectivity index (χ2v) is 4.67. The monoisotopic (exact) mass is 288 g/mol. The number of nitrogens with two attached hydrogens (primary N) is 1. The van der Waals surface area contributed by atoms with Gasteiger partial charge in [-0.25, -0.2) is 4.79 Å². The van der Waals surface area contributed by atoms with E-state index in [9.17, 15) is 14.4 Å². The number of primary amides is 1. The van der Waals surface area contributed by atoms with E-state index in [1.54, 1.807) is 31.3 Å². The predicted molar refractivity (Wildman–Crippen MR) is 79.2 cm³/mol. The van der Waals surface area contributed by atoms with Crippen molar-refractivity contribution in [2.75, 3.05) is 5.32 Å². The van der Waals surface area contributed by atoms with Gasteiger partial charge in [-0.15, -0.1) is 0 Å². The van der Waals surface area contributed by atoms with Gasteiger partial charge >= 0.3 is 5.69 Å². The summed E-state index contributed by atoms with van der Waals surface area (Å²) in [5, 5.41) is 3.08. The number of benzene rings is 1. The molecular formula is C14H16N4O3. The molecule has 0 aliphatic heterocycles. The van der Waals surface area contributed by atoms with Crippen LogP contribution in [0.1, 0.15) is 16.1 Å². The Labute approximate surface area is 120 Å². The molecule has 3 N–H and O–H groups in total. The highest BCUT2D eigenvalue weighted by Gasteiger charge is 2.06. The molecule has 0 fully saturated rings. The molecule has 0 bridgehead atoms. The number of hydrogen-bond acceptors (Lipinski definition) is 4. The molecule has 1 heterocycles. The Bertz CT molecular complexity index is 787. The van der Waals surface area contributed by atoms with E-state index in [-0.39, 0.29) is 11.2 Å². The normalized spacial score (nSPS) is 10.4. The second-order valence-electron chi connectivity index (χ2n) is 4.67. The van der Waals surface area contributed by atoms with Crippen molar-refractivity contribution in [1.29, 1.82) is 0 Å². The van der Waals surface area contributed by atoms with Gasteiger partial charge in [0.25, 0.3) is 5.56 Å². The van der Waals surface area contributed by atoms with Gasteiger partial charge < -0.3 is 11.1 Å². The van der Waals surface area contributed by atoms with Crippen LogP contribution in [-0.4, -0.2) is 15.0 Å². The molecule has 1 aromatic heterocycles. The van der Waals surface area contributed by atoms with Crippen molar-refractivity contribution in [2.45, 2.75) is 6.54 Å². The Morgan fingerprint density at radius 3 is 2.33 bits per heavy atom. The van der Waals surface area contributed by atoms with Gasteiger partial charge in [-0.05, 0) is 24.3 Å². The predicted octanol–water partition coefficient (Wildman–Crippen LogP) is -0.205. The summed E-state index contributed by atoms with van der Waals surface area (Å²) in [6.45, 7) is 0.317. The highest BCUT2D eigenvalue weighted by molar-refractivity contribution is 5.93. The summed E-state index contributed by atoms with van der Waals surface area (Å²) >= 11 is 0. The summed E-state index contributed by atoms with van der Waals surface area (Å²) in [4.78, 5) is 34.4. The van der Waals surface area contributed by atoms with Crippen molar-refractivity contribution >= 4 is 11.6 Å². The third-order valence-electron chi connectivity index (χ3n) is 3.27. The third kappa shape index (κ3) is 3.02. The van der Waals surface area contributed by atoms with Crippen LogP contribution in [0.25, 0.3) is 0 Å². The lowest BCUT2D eigenvalue weighted by atomic mass is 10.2. The zero-order chi connectivity index (χ0) is 15.6. The number of amides is 1. The fraction of sp³-hybridized carbons (Fsp3) is 0.214. The first-order valence-corrected chi connectivity index (χ1v) is 6.30. The van der Waals surface area contributed by atoms with E-state index in [1.165, 1.54) is 17.7 Å². The van der Waals surface area contributed by atoms with E-state index in [2.05, 4.69) is 5.32 Å². The van der Waals surface area contributed by atoms with Crippen LogP contribution >= 0.6 is 0 Å². The molecule has 0 radical (unpaired) electrons. The number of anilines is 1. The molecule has 0 saturated heterocycles. The number of nitrogens with one attached hydrogen (secondary N) is 1. The molecule has 0 aliphatic rings. The fourth-order valence-corrected chi connectivity index (χ4v) is 1.89. The largest absolute Gasteiger partial charge is 0.379 e. The van der Waals surface area contributed by atoms with Crippen LogP contribution in [0, 0.1) is 0 Å². The summed E-state index contributed by atoms with van der Waals surface area (Å²) in [6.07, 6.45) is 0. The Hall–Kier alpha value is -2.83. The van der Waals surface area contributed by atoms with Crippen molar-refractivity contribution in [2.24, 2.45) is 19.8 Å². The van der Waals surface area contributed by atoms with Gasteiger partial charge in [-0.1, -0.05) is 0 Å². The van der Waals surface area contributed by atoms with Gasteiger partial charge in [-0.3, -0.25) is 18.7 Å². The first-order valence-electron chi connectivity index (χ1n) is 6.30. The van der Waals surface area contributed by atoms with Crippen LogP contribution in [0.2, 0.25) is 0 Å². The van der Waals surface area contributed by atoms with Crippen LogP contribution in [-0.2, 0) is 20.6 Å². The maximum atomic E-state index is 11.8. The quantitative estimate of drug-likeness (QED) is 0.813. The standard InChI is InChI=1S/C14H16N4O3/c1-17-11(7-12(19)18(2)14(17)21)8-16-10-5-3-9(4-6-10)13(15)20/h3-7,16H,8H2,1-2H3,(H2,15,20). The van der Waals surface area contributed by atoms with Crippen molar-refractivity contribution in [3.8, 4) is 0 Å². The summed E-state index contributed by atoms with van der Waals surface area (Å²) in [5.41, 5.74) is 6.19. The van der Waals surface area contributed by atoms with E-state index < -0.39 is 5.91 Å². The summed E-state index contributed by atoms with van der Waals surface area (Å²) in [5.74, 6) is -0.490. The molecule has 1 amide bonds. The van der Waals surface area contributed by atoms with E-state index in [0.29, 0.717) is 17.8 Å². The van der Waals surface area contributed by atoms with Crippen LogP contribution in [0.5, 0.6) is 0 Å². The van der Waals surface area contributed by atoms with Crippen LogP contribution in [0.15, 0.2) is 39.9 Å². The van der Waals surface area contributed by atoms with E-state index >= 15 is 0 Å². The van der Waals surface area contributed by atoms with Gasteiger partial charge in [0.2, 0.25) is 5.91 Å². The molecule has 0 spiro atoms. The van der Waals surface area contributed by atoms with Crippen molar-refractivity contribution in [3.05, 3.63) is 62.4 Å².